The van der Waals surface area contributed by atoms with Gasteiger partial charge in [0, 0.05) is 30.4 Å². The molecule has 0 saturated carbocycles. The molecule has 4 rings (SSSR count). The van der Waals surface area contributed by atoms with Crippen molar-refractivity contribution in [3.05, 3.63) is 60.4 Å². The Labute approximate surface area is 140 Å². The second kappa shape index (κ2) is 6.35. The number of aromatic amines is 1. The number of H-pyrrole nitrogens is 1. The molecule has 2 N–H and O–H groups in total. The van der Waals surface area contributed by atoms with Gasteiger partial charge in [0.2, 0.25) is 0 Å². The second-order valence-corrected chi connectivity index (χ2v) is 6.20. The number of rotatable bonds is 3. The predicted molar refractivity (Wildman–Crippen MR) is 95.2 cm³/mol. The number of aromatic nitrogens is 2. The second-order valence-electron chi connectivity index (χ2n) is 6.20. The maximum absolute atomic E-state index is 12.5. The summed E-state index contributed by atoms with van der Waals surface area (Å²) >= 11 is 0. The Morgan fingerprint density at radius 1 is 1.12 bits per heavy atom. The molecule has 3 aromatic rings. The highest BCUT2D eigenvalue weighted by Gasteiger charge is 2.21. The molecule has 5 nitrogen and oxygen atoms in total. The van der Waals surface area contributed by atoms with E-state index >= 15 is 0 Å². The van der Waals surface area contributed by atoms with Crippen molar-refractivity contribution in [1.82, 2.24) is 15.3 Å². The summed E-state index contributed by atoms with van der Waals surface area (Å²) in [6, 6.07) is 16.2. The Bertz CT molecular complexity index is 835. The van der Waals surface area contributed by atoms with E-state index in [0.717, 1.165) is 37.0 Å². The van der Waals surface area contributed by atoms with Gasteiger partial charge in [-0.25, -0.2) is 4.98 Å². The van der Waals surface area contributed by atoms with Crippen LogP contribution >= 0.6 is 0 Å². The number of piperidine rings is 1. The summed E-state index contributed by atoms with van der Waals surface area (Å²) in [5.41, 5.74) is 3.70. The van der Waals surface area contributed by atoms with E-state index in [2.05, 4.69) is 44.5 Å². The fourth-order valence-electron chi connectivity index (χ4n) is 3.27. The molecule has 2 aromatic carbocycles. The van der Waals surface area contributed by atoms with Crippen LogP contribution in [-0.2, 0) is 0 Å². The van der Waals surface area contributed by atoms with Crippen molar-refractivity contribution in [3.63, 3.8) is 0 Å². The van der Waals surface area contributed by atoms with Crippen LogP contribution in [0.3, 0.4) is 0 Å². The van der Waals surface area contributed by atoms with Crippen molar-refractivity contribution >= 4 is 22.6 Å². The van der Waals surface area contributed by atoms with E-state index < -0.39 is 0 Å². The van der Waals surface area contributed by atoms with Gasteiger partial charge in [-0.05, 0) is 43.2 Å². The van der Waals surface area contributed by atoms with E-state index in [1.807, 2.05) is 24.3 Å². The van der Waals surface area contributed by atoms with Gasteiger partial charge in [0.25, 0.3) is 5.91 Å². The molecule has 1 aliphatic heterocycles. The summed E-state index contributed by atoms with van der Waals surface area (Å²) in [6.07, 6.45) is 3.57. The molecule has 1 aromatic heterocycles. The van der Waals surface area contributed by atoms with Crippen LogP contribution in [0.2, 0.25) is 0 Å². The Morgan fingerprint density at radius 3 is 2.71 bits per heavy atom. The summed E-state index contributed by atoms with van der Waals surface area (Å²) in [4.78, 5) is 22.1. The molecule has 1 aliphatic rings. The fraction of sp³-hybridized carbons (Fsp3) is 0.263. The first kappa shape index (κ1) is 14.8. The molecule has 0 spiro atoms. The Kier molecular flexibility index (Phi) is 3.91. The van der Waals surface area contributed by atoms with E-state index in [9.17, 15) is 4.79 Å². The molecule has 122 valence electrons. The molecule has 0 unspecified atom stereocenters. The molecule has 0 atom stereocenters. The summed E-state index contributed by atoms with van der Waals surface area (Å²) in [5, 5.41) is 3.16. The van der Waals surface area contributed by atoms with Gasteiger partial charge in [0.15, 0.2) is 0 Å². The molecule has 5 heteroatoms. The molecule has 2 heterocycles. The van der Waals surface area contributed by atoms with E-state index in [4.69, 9.17) is 0 Å². The number of para-hydroxylation sites is 1. The normalized spacial score (nSPS) is 15.6. The number of hydrogen-bond acceptors (Lipinski definition) is 3. The van der Waals surface area contributed by atoms with Crippen LogP contribution in [0.1, 0.15) is 23.2 Å². The number of fused-ring (bicyclic) bond motifs is 1. The number of amides is 1. The highest BCUT2D eigenvalue weighted by molar-refractivity contribution is 5.97. The lowest BCUT2D eigenvalue weighted by atomic mass is 10.0. The Balaban J connectivity index is 1.37. The SMILES string of the molecule is O=C(NC1CCN(c2ccccc2)CC1)c1ccc2nc[nH]c2c1. The molecule has 1 fully saturated rings. The van der Waals surface area contributed by atoms with E-state index in [1.54, 1.807) is 6.33 Å². The van der Waals surface area contributed by atoms with Crippen molar-refractivity contribution in [2.45, 2.75) is 18.9 Å². The first-order valence-corrected chi connectivity index (χ1v) is 8.33. The van der Waals surface area contributed by atoms with Crippen LogP contribution in [-0.4, -0.2) is 35.0 Å². The van der Waals surface area contributed by atoms with Gasteiger partial charge in [-0.3, -0.25) is 4.79 Å². The fourth-order valence-corrected chi connectivity index (χ4v) is 3.27. The van der Waals surface area contributed by atoms with Gasteiger partial charge in [-0.1, -0.05) is 18.2 Å². The standard InChI is InChI=1S/C19H20N4O/c24-19(14-6-7-17-18(12-14)21-13-20-17)22-15-8-10-23(11-9-15)16-4-2-1-3-5-16/h1-7,12-13,15H,8-11H2,(H,20,21)(H,22,24). The van der Waals surface area contributed by atoms with Crippen LogP contribution in [0.15, 0.2) is 54.9 Å². The zero-order valence-electron chi connectivity index (χ0n) is 13.4. The smallest absolute Gasteiger partial charge is 0.251 e. The number of imidazole rings is 1. The molecule has 24 heavy (non-hydrogen) atoms. The molecule has 0 aliphatic carbocycles. The minimum Gasteiger partial charge on any atom is -0.371 e. The topological polar surface area (TPSA) is 61.0 Å². The number of nitrogens with zero attached hydrogens (tertiary/aromatic N) is 2. The minimum absolute atomic E-state index is 0.00957. The largest absolute Gasteiger partial charge is 0.371 e. The summed E-state index contributed by atoms with van der Waals surface area (Å²) in [5.74, 6) is -0.00957. The van der Waals surface area contributed by atoms with Crippen molar-refractivity contribution in [2.24, 2.45) is 0 Å². The molecule has 1 saturated heterocycles. The number of anilines is 1. The first-order valence-electron chi connectivity index (χ1n) is 8.33. The van der Waals surface area contributed by atoms with E-state index in [1.165, 1.54) is 5.69 Å². The van der Waals surface area contributed by atoms with Crippen molar-refractivity contribution in [2.75, 3.05) is 18.0 Å². The quantitative estimate of drug-likeness (QED) is 0.780. The Morgan fingerprint density at radius 2 is 1.92 bits per heavy atom. The maximum Gasteiger partial charge on any atom is 0.251 e. The van der Waals surface area contributed by atoms with Crippen molar-refractivity contribution < 1.29 is 4.79 Å². The van der Waals surface area contributed by atoms with Gasteiger partial charge < -0.3 is 15.2 Å². The zero-order chi connectivity index (χ0) is 16.4. The lowest BCUT2D eigenvalue weighted by Crippen LogP contribution is -2.44. The van der Waals surface area contributed by atoms with Gasteiger partial charge in [-0.15, -0.1) is 0 Å². The lowest BCUT2D eigenvalue weighted by Gasteiger charge is -2.34. The van der Waals surface area contributed by atoms with Crippen LogP contribution < -0.4 is 10.2 Å². The minimum atomic E-state index is -0.00957. The molecule has 0 bridgehead atoms. The van der Waals surface area contributed by atoms with Crippen LogP contribution in [0.25, 0.3) is 11.0 Å². The average Bonchev–Trinajstić information content (AvgIpc) is 3.11. The maximum atomic E-state index is 12.5. The van der Waals surface area contributed by atoms with E-state index in [-0.39, 0.29) is 11.9 Å². The highest BCUT2D eigenvalue weighted by Crippen LogP contribution is 2.20. The number of carbonyl (C=O) groups is 1. The van der Waals surface area contributed by atoms with Crippen molar-refractivity contribution in [1.29, 1.82) is 0 Å². The number of benzene rings is 2. The molecular formula is C19H20N4O. The third-order valence-electron chi connectivity index (χ3n) is 4.63. The number of carbonyl (C=O) groups excluding carboxylic acids is 1. The summed E-state index contributed by atoms with van der Waals surface area (Å²) in [6.45, 7) is 1.93. The molecule has 0 radical (unpaired) electrons. The monoisotopic (exact) mass is 320 g/mol. The summed E-state index contributed by atoms with van der Waals surface area (Å²) < 4.78 is 0. The Hall–Kier alpha value is -2.82. The highest BCUT2D eigenvalue weighted by atomic mass is 16.1. The molecule has 1 amide bonds. The first-order chi connectivity index (χ1) is 11.8. The number of hydrogen-bond donors (Lipinski definition) is 2. The summed E-state index contributed by atoms with van der Waals surface area (Å²) in [7, 11) is 0. The van der Waals surface area contributed by atoms with Gasteiger partial charge in [0.1, 0.15) is 0 Å². The molecular weight excluding hydrogens is 300 g/mol. The third-order valence-corrected chi connectivity index (χ3v) is 4.63. The average molecular weight is 320 g/mol. The van der Waals surface area contributed by atoms with Gasteiger partial charge in [-0.2, -0.15) is 0 Å². The lowest BCUT2D eigenvalue weighted by molar-refractivity contribution is 0.0931. The van der Waals surface area contributed by atoms with Gasteiger partial charge in [0.05, 0.1) is 17.4 Å². The number of nitrogens with one attached hydrogen (secondary N) is 2. The van der Waals surface area contributed by atoms with Gasteiger partial charge >= 0.3 is 0 Å². The zero-order valence-corrected chi connectivity index (χ0v) is 13.4. The van der Waals surface area contributed by atoms with Crippen LogP contribution in [0.4, 0.5) is 5.69 Å². The van der Waals surface area contributed by atoms with Crippen LogP contribution in [0.5, 0.6) is 0 Å². The van der Waals surface area contributed by atoms with E-state index in [0.29, 0.717) is 5.56 Å². The predicted octanol–water partition coefficient (Wildman–Crippen LogP) is 2.96. The van der Waals surface area contributed by atoms with Crippen molar-refractivity contribution in [3.8, 4) is 0 Å². The van der Waals surface area contributed by atoms with Crippen LogP contribution in [0, 0.1) is 0 Å². The third kappa shape index (κ3) is 2.97.